The molecule has 0 fully saturated rings. The van der Waals surface area contributed by atoms with E-state index in [0.717, 1.165) is 12.1 Å². The third-order valence-electron chi connectivity index (χ3n) is 4.18. The molecule has 0 atom stereocenters. The van der Waals surface area contributed by atoms with Crippen LogP contribution in [0.25, 0.3) is 5.69 Å². The molecule has 0 aliphatic rings. The van der Waals surface area contributed by atoms with Crippen molar-refractivity contribution in [2.45, 2.75) is 13.0 Å². The van der Waals surface area contributed by atoms with Gasteiger partial charge in [-0.05, 0) is 42.3 Å². The summed E-state index contributed by atoms with van der Waals surface area (Å²) in [5, 5.41) is 12.0. The zero-order valence-corrected chi connectivity index (χ0v) is 15.6. The fraction of sp³-hybridized carbons (Fsp3) is 0.100. The van der Waals surface area contributed by atoms with Gasteiger partial charge in [-0.25, -0.2) is 4.68 Å². The second-order valence-corrected chi connectivity index (χ2v) is 6.61. The third-order valence-corrected chi connectivity index (χ3v) is 4.41. The van der Waals surface area contributed by atoms with Gasteiger partial charge in [0, 0.05) is 42.4 Å². The van der Waals surface area contributed by atoms with Crippen molar-refractivity contribution in [1.82, 2.24) is 24.5 Å². The largest absolute Gasteiger partial charge is 0.305 e. The van der Waals surface area contributed by atoms with E-state index < -0.39 is 0 Å². The van der Waals surface area contributed by atoms with Crippen LogP contribution < -0.4 is 5.32 Å². The van der Waals surface area contributed by atoms with Crippen molar-refractivity contribution in [1.29, 1.82) is 0 Å². The molecule has 1 N–H and O–H groups in total. The first-order chi connectivity index (χ1) is 13.7. The summed E-state index contributed by atoms with van der Waals surface area (Å²) < 4.78 is 3.40. The molecule has 7 nitrogen and oxygen atoms in total. The highest BCUT2D eigenvalue weighted by atomic mass is 35.5. The van der Waals surface area contributed by atoms with E-state index >= 15 is 0 Å². The quantitative estimate of drug-likeness (QED) is 0.543. The maximum atomic E-state index is 12.5. The zero-order valence-electron chi connectivity index (χ0n) is 14.9. The fourth-order valence-corrected chi connectivity index (χ4v) is 2.92. The molecule has 8 heteroatoms. The SMILES string of the molecule is O=C(Nc1ccn(CCc2ccncc2)n1)c1cnn(-c2cccc(Cl)c2)c1. The Labute approximate surface area is 166 Å². The van der Waals surface area contributed by atoms with Crippen LogP contribution in [0, 0.1) is 0 Å². The van der Waals surface area contributed by atoms with Crippen LogP contribution in [0.1, 0.15) is 15.9 Å². The molecule has 0 aliphatic carbocycles. The molecule has 0 spiro atoms. The number of benzene rings is 1. The summed E-state index contributed by atoms with van der Waals surface area (Å²) in [7, 11) is 0. The van der Waals surface area contributed by atoms with Gasteiger partial charge in [0.15, 0.2) is 5.82 Å². The minimum atomic E-state index is -0.271. The van der Waals surface area contributed by atoms with E-state index in [1.54, 1.807) is 46.2 Å². The standard InChI is InChI=1S/C20H17ClN6O/c21-17-2-1-3-18(12-17)27-14-16(13-23-27)20(28)24-19-7-11-26(25-19)10-6-15-4-8-22-9-5-15/h1-5,7-9,11-14H,6,10H2,(H,24,25,28). The van der Waals surface area contributed by atoms with Gasteiger partial charge in [0.1, 0.15) is 0 Å². The lowest BCUT2D eigenvalue weighted by Gasteiger charge is -2.02. The van der Waals surface area contributed by atoms with Crippen LogP contribution in [0.4, 0.5) is 5.82 Å². The molecule has 0 radical (unpaired) electrons. The molecule has 1 amide bonds. The number of aryl methyl sites for hydroxylation is 2. The number of anilines is 1. The predicted molar refractivity (Wildman–Crippen MR) is 107 cm³/mol. The number of amides is 1. The minimum absolute atomic E-state index is 0.271. The molecule has 28 heavy (non-hydrogen) atoms. The first-order valence-electron chi connectivity index (χ1n) is 8.72. The topological polar surface area (TPSA) is 77.6 Å². The molecule has 0 bridgehead atoms. The van der Waals surface area contributed by atoms with E-state index in [4.69, 9.17) is 11.6 Å². The van der Waals surface area contributed by atoms with E-state index in [1.807, 2.05) is 30.5 Å². The zero-order chi connectivity index (χ0) is 19.3. The Morgan fingerprint density at radius 1 is 1.14 bits per heavy atom. The van der Waals surface area contributed by atoms with Crippen molar-refractivity contribution in [3.63, 3.8) is 0 Å². The van der Waals surface area contributed by atoms with E-state index in [9.17, 15) is 4.79 Å². The summed E-state index contributed by atoms with van der Waals surface area (Å²) in [6.45, 7) is 0.715. The van der Waals surface area contributed by atoms with Gasteiger partial charge in [-0.3, -0.25) is 14.5 Å². The number of halogens is 1. The van der Waals surface area contributed by atoms with Gasteiger partial charge < -0.3 is 5.32 Å². The van der Waals surface area contributed by atoms with Gasteiger partial charge >= 0.3 is 0 Å². The predicted octanol–water partition coefficient (Wildman–Crippen LogP) is 3.61. The summed E-state index contributed by atoms with van der Waals surface area (Å²) in [6.07, 6.45) is 9.38. The maximum absolute atomic E-state index is 12.5. The minimum Gasteiger partial charge on any atom is -0.305 e. The number of nitrogens with one attached hydrogen (secondary N) is 1. The first kappa shape index (κ1) is 17.9. The number of carbonyl (C=O) groups is 1. The average Bonchev–Trinajstić information content (AvgIpc) is 3.37. The van der Waals surface area contributed by atoms with Crippen LogP contribution in [0.15, 0.2) is 73.4 Å². The lowest BCUT2D eigenvalue weighted by atomic mass is 10.2. The van der Waals surface area contributed by atoms with Crippen molar-refractivity contribution in [3.8, 4) is 5.69 Å². The highest BCUT2D eigenvalue weighted by molar-refractivity contribution is 6.30. The Morgan fingerprint density at radius 2 is 2.00 bits per heavy atom. The van der Waals surface area contributed by atoms with Crippen LogP contribution in [-0.2, 0) is 13.0 Å². The van der Waals surface area contributed by atoms with E-state index in [2.05, 4.69) is 20.5 Å². The highest BCUT2D eigenvalue weighted by Gasteiger charge is 2.11. The van der Waals surface area contributed by atoms with Crippen LogP contribution in [0.5, 0.6) is 0 Å². The number of carbonyl (C=O) groups excluding carboxylic acids is 1. The van der Waals surface area contributed by atoms with Gasteiger partial charge in [-0.2, -0.15) is 10.2 Å². The fourth-order valence-electron chi connectivity index (χ4n) is 2.73. The molecule has 0 aliphatic heterocycles. The van der Waals surface area contributed by atoms with E-state index in [1.165, 1.54) is 11.8 Å². The molecule has 3 heterocycles. The Bertz CT molecular complexity index is 1090. The highest BCUT2D eigenvalue weighted by Crippen LogP contribution is 2.15. The summed E-state index contributed by atoms with van der Waals surface area (Å²) in [5.74, 6) is 0.225. The average molecular weight is 393 g/mol. The Balaban J connectivity index is 1.38. The third kappa shape index (κ3) is 4.27. The smallest absolute Gasteiger partial charge is 0.260 e. The lowest BCUT2D eigenvalue weighted by Crippen LogP contribution is -2.12. The Kier molecular flexibility index (Phi) is 5.16. The Morgan fingerprint density at radius 3 is 2.82 bits per heavy atom. The van der Waals surface area contributed by atoms with E-state index in [0.29, 0.717) is 22.9 Å². The normalized spacial score (nSPS) is 10.8. The van der Waals surface area contributed by atoms with Gasteiger partial charge in [-0.1, -0.05) is 17.7 Å². The molecule has 0 saturated carbocycles. The molecule has 0 unspecified atom stereocenters. The number of nitrogens with zero attached hydrogens (tertiary/aromatic N) is 5. The summed E-state index contributed by atoms with van der Waals surface area (Å²) >= 11 is 6.00. The number of rotatable bonds is 6. The van der Waals surface area contributed by atoms with Gasteiger partial charge in [0.2, 0.25) is 0 Å². The van der Waals surface area contributed by atoms with Crippen LogP contribution in [-0.4, -0.2) is 30.5 Å². The number of aromatic nitrogens is 5. The summed E-state index contributed by atoms with van der Waals surface area (Å²) in [4.78, 5) is 16.5. The first-order valence-corrected chi connectivity index (χ1v) is 9.09. The molecule has 3 aromatic heterocycles. The van der Waals surface area contributed by atoms with Crippen molar-refractivity contribution < 1.29 is 4.79 Å². The lowest BCUT2D eigenvalue weighted by molar-refractivity contribution is 0.102. The number of pyridine rings is 1. The molecule has 4 rings (SSSR count). The van der Waals surface area contributed by atoms with Crippen molar-refractivity contribution >= 4 is 23.3 Å². The maximum Gasteiger partial charge on any atom is 0.260 e. The van der Waals surface area contributed by atoms with Gasteiger partial charge in [0.25, 0.3) is 5.91 Å². The van der Waals surface area contributed by atoms with Crippen LogP contribution >= 0.6 is 11.6 Å². The van der Waals surface area contributed by atoms with Crippen LogP contribution in [0.2, 0.25) is 5.02 Å². The van der Waals surface area contributed by atoms with Crippen molar-refractivity contribution in [2.75, 3.05) is 5.32 Å². The van der Waals surface area contributed by atoms with Gasteiger partial charge in [-0.15, -0.1) is 0 Å². The molecule has 4 aromatic rings. The van der Waals surface area contributed by atoms with Gasteiger partial charge in [0.05, 0.1) is 17.4 Å². The second kappa shape index (κ2) is 8.06. The molecule has 0 saturated heterocycles. The van der Waals surface area contributed by atoms with Crippen molar-refractivity contribution in [2.24, 2.45) is 0 Å². The van der Waals surface area contributed by atoms with E-state index in [-0.39, 0.29) is 5.91 Å². The monoisotopic (exact) mass is 392 g/mol. The molecule has 1 aromatic carbocycles. The summed E-state index contributed by atoms with van der Waals surface area (Å²) in [6, 6.07) is 13.0. The Hall–Kier alpha value is -3.45. The number of hydrogen-bond acceptors (Lipinski definition) is 4. The van der Waals surface area contributed by atoms with Crippen LogP contribution in [0.3, 0.4) is 0 Å². The molecular formula is C20H17ClN6O. The number of hydrogen-bond donors (Lipinski definition) is 1. The van der Waals surface area contributed by atoms with Crippen molar-refractivity contribution in [3.05, 3.63) is 89.6 Å². The summed E-state index contributed by atoms with van der Waals surface area (Å²) in [5.41, 5.74) is 2.41. The second-order valence-electron chi connectivity index (χ2n) is 6.18. The molecule has 140 valence electrons. The molecular weight excluding hydrogens is 376 g/mol.